The van der Waals surface area contributed by atoms with Gasteiger partial charge in [-0.3, -0.25) is 0 Å². The molecule has 1 aliphatic rings. The summed E-state index contributed by atoms with van der Waals surface area (Å²) in [5.41, 5.74) is 3.18. The Morgan fingerprint density at radius 1 is 0.857 bits per heavy atom. The van der Waals surface area contributed by atoms with Gasteiger partial charge < -0.3 is 5.32 Å². The maximum Gasteiger partial charge on any atom is 0.0576 e. The van der Waals surface area contributed by atoms with Crippen LogP contribution in [0.2, 0.25) is 0 Å². The SMILES string of the molecule is CC1(CNC(c2ccccc2)c2ccccc2)CCCC1. The quantitative estimate of drug-likeness (QED) is 0.817. The van der Waals surface area contributed by atoms with Crippen molar-refractivity contribution in [3.8, 4) is 0 Å². The Morgan fingerprint density at radius 2 is 1.33 bits per heavy atom. The minimum absolute atomic E-state index is 0.296. The Hall–Kier alpha value is -1.60. The second kappa shape index (κ2) is 6.44. The van der Waals surface area contributed by atoms with Gasteiger partial charge in [-0.05, 0) is 29.4 Å². The maximum absolute atomic E-state index is 3.83. The van der Waals surface area contributed by atoms with Crippen LogP contribution in [0.4, 0.5) is 0 Å². The third-order valence-electron chi connectivity index (χ3n) is 4.81. The van der Waals surface area contributed by atoms with Gasteiger partial charge in [0.05, 0.1) is 6.04 Å². The van der Waals surface area contributed by atoms with Gasteiger partial charge in [-0.1, -0.05) is 80.4 Å². The highest BCUT2D eigenvalue weighted by atomic mass is 14.9. The first-order chi connectivity index (χ1) is 10.3. The number of rotatable bonds is 5. The Morgan fingerprint density at radius 3 is 1.81 bits per heavy atom. The van der Waals surface area contributed by atoms with Crippen LogP contribution in [0.3, 0.4) is 0 Å². The van der Waals surface area contributed by atoms with Gasteiger partial charge in [0.1, 0.15) is 0 Å². The average molecular weight is 279 g/mol. The van der Waals surface area contributed by atoms with Crippen molar-refractivity contribution >= 4 is 0 Å². The van der Waals surface area contributed by atoms with E-state index in [0.29, 0.717) is 11.5 Å². The van der Waals surface area contributed by atoms with E-state index in [4.69, 9.17) is 0 Å². The molecule has 0 unspecified atom stereocenters. The number of benzene rings is 2. The van der Waals surface area contributed by atoms with Crippen molar-refractivity contribution in [2.75, 3.05) is 6.54 Å². The summed E-state index contributed by atoms with van der Waals surface area (Å²) >= 11 is 0. The lowest BCUT2D eigenvalue weighted by atomic mass is 9.87. The van der Waals surface area contributed by atoms with Gasteiger partial charge in [0.15, 0.2) is 0 Å². The highest BCUT2D eigenvalue weighted by molar-refractivity contribution is 5.31. The predicted octanol–water partition coefficient (Wildman–Crippen LogP) is 4.95. The van der Waals surface area contributed by atoms with Crippen molar-refractivity contribution in [1.29, 1.82) is 0 Å². The predicted molar refractivity (Wildman–Crippen MR) is 89.3 cm³/mol. The fourth-order valence-corrected chi connectivity index (χ4v) is 3.47. The average Bonchev–Trinajstić information content (AvgIpc) is 2.97. The molecule has 0 saturated heterocycles. The lowest BCUT2D eigenvalue weighted by Gasteiger charge is -2.28. The molecule has 0 aromatic heterocycles. The van der Waals surface area contributed by atoms with Gasteiger partial charge in [-0.25, -0.2) is 0 Å². The van der Waals surface area contributed by atoms with Crippen molar-refractivity contribution in [3.05, 3.63) is 71.8 Å². The molecule has 2 aromatic carbocycles. The second-order valence-corrected chi connectivity index (χ2v) is 6.65. The summed E-state index contributed by atoms with van der Waals surface area (Å²) in [6.45, 7) is 3.53. The van der Waals surface area contributed by atoms with Gasteiger partial charge in [-0.2, -0.15) is 0 Å². The van der Waals surface area contributed by atoms with Gasteiger partial charge >= 0.3 is 0 Å². The minimum Gasteiger partial charge on any atom is -0.306 e. The van der Waals surface area contributed by atoms with E-state index in [1.165, 1.54) is 36.8 Å². The first kappa shape index (κ1) is 14.3. The van der Waals surface area contributed by atoms with Crippen LogP contribution >= 0.6 is 0 Å². The van der Waals surface area contributed by atoms with Gasteiger partial charge in [0.2, 0.25) is 0 Å². The maximum atomic E-state index is 3.83. The van der Waals surface area contributed by atoms with E-state index >= 15 is 0 Å². The summed E-state index contributed by atoms with van der Waals surface area (Å²) in [5, 5.41) is 3.83. The Kier molecular flexibility index (Phi) is 4.40. The van der Waals surface area contributed by atoms with Crippen LogP contribution in [0.1, 0.15) is 49.8 Å². The Labute approximate surface area is 128 Å². The lowest BCUT2D eigenvalue weighted by molar-refractivity contribution is 0.306. The van der Waals surface area contributed by atoms with Crippen molar-refractivity contribution < 1.29 is 0 Å². The molecule has 1 saturated carbocycles. The molecule has 0 heterocycles. The number of hydrogen-bond donors (Lipinski definition) is 1. The van der Waals surface area contributed by atoms with Gasteiger partial charge in [0, 0.05) is 6.54 Å². The standard InChI is InChI=1S/C20H25N/c1-20(14-8-9-15-20)16-21-19(17-10-4-2-5-11-17)18-12-6-3-7-13-18/h2-7,10-13,19,21H,8-9,14-16H2,1H3. The largest absolute Gasteiger partial charge is 0.306 e. The molecule has 3 rings (SSSR count). The summed E-state index contributed by atoms with van der Waals surface area (Å²) in [5.74, 6) is 0. The van der Waals surface area contributed by atoms with Crippen LogP contribution in [0, 0.1) is 5.41 Å². The van der Waals surface area contributed by atoms with Gasteiger partial charge in [-0.15, -0.1) is 0 Å². The van der Waals surface area contributed by atoms with Crippen LogP contribution in [0.5, 0.6) is 0 Å². The monoisotopic (exact) mass is 279 g/mol. The zero-order valence-corrected chi connectivity index (χ0v) is 12.9. The third-order valence-corrected chi connectivity index (χ3v) is 4.81. The van der Waals surface area contributed by atoms with E-state index in [-0.39, 0.29) is 0 Å². The normalized spacial score (nSPS) is 17.2. The summed E-state index contributed by atoms with van der Waals surface area (Å²) in [6, 6.07) is 21.9. The molecular weight excluding hydrogens is 254 g/mol. The molecular formula is C20H25N. The number of hydrogen-bond acceptors (Lipinski definition) is 1. The van der Waals surface area contributed by atoms with Crippen LogP contribution < -0.4 is 5.32 Å². The van der Waals surface area contributed by atoms with Crippen molar-refractivity contribution in [1.82, 2.24) is 5.32 Å². The number of nitrogens with one attached hydrogen (secondary N) is 1. The molecule has 2 aromatic rings. The molecule has 0 aliphatic heterocycles. The molecule has 1 heteroatoms. The molecule has 0 amide bonds. The van der Waals surface area contributed by atoms with Crippen molar-refractivity contribution in [3.63, 3.8) is 0 Å². The van der Waals surface area contributed by atoms with E-state index < -0.39 is 0 Å². The van der Waals surface area contributed by atoms with E-state index in [2.05, 4.69) is 72.9 Å². The van der Waals surface area contributed by atoms with Crippen LogP contribution in [-0.4, -0.2) is 6.54 Å². The van der Waals surface area contributed by atoms with Crippen LogP contribution in [0.15, 0.2) is 60.7 Å². The van der Waals surface area contributed by atoms with Gasteiger partial charge in [0.25, 0.3) is 0 Å². The molecule has 0 atom stereocenters. The van der Waals surface area contributed by atoms with E-state index in [1.54, 1.807) is 0 Å². The summed E-state index contributed by atoms with van der Waals surface area (Å²) in [4.78, 5) is 0. The zero-order valence-electron chi connectivity index (χ0n) is 12.9. The van der Waals surface area contributed by atoms with Crippen LogP contribution in [-0.2, 0) is 0 Å². The summed E-state index contributed by atoms with van der Waals surface area (Å²) < 4.78 is 0. The molecule has 1 N–H and O–H groups in total. The Balaban J connectivity index is 1.80. The topological polar surface area (TPSA) is 12.0 Å². The van der Waals surface area contributed by atoms with Crippen molar-refractivity contribution in [2.24, 2.45) is 5.41 Å². The minimum atomic E-state index is 0.296. The molecule has 1 nitrogen and oxygen atoms in total. The smallest absolute Gasteiger partial charge is 0.0576 e. The van der Waals surface area contributed by atoms with E-state index in [0.717, 1.165) is 6.54 Å². The second-order valence-electron chi connectivity index (χ2n) is 6.65. The highest BCUT2D eigenvalue weighted by Gasteiger charge is 2.29. The molecule has 0 bridgehead atoms. The summed E-state index contributed by atoms with van der Waals surface area (Å²) in [6.07, 6.45) is 5.49. The lowest BCUT2D eigenvalue weighted by Crippen LogP contribution is -2.33. The first-order valence-electron chi connectivity index (χ1n) is 8.10. The highest BCUT2D eigenvalue weighted by Crippen LogP contribution is 2.37. The van der Waals surface area contributed by atoms with Crippen LogP contribution in [0.25, 0.3) is 0 Å². The van der Waals surface area contributed by atoms with E-state index in [9.17, 15) is 0 Å². The molecule has 0 spiro atoms. The zero-order chi connectivity index (χ0) is 14.5. The molecule has 1 fully saturated rings. The fraction of sp³-hybridized carbons (Fsp3) is 0.400. The van der Waals surface area contributed by atoms with E-state index in [1.807, 2.05) is 0 Å². The third kappa shape index (κ3) is 3.54. The first-order valence-corrected chi connectivity index (χ1v) is 8.10. The molecule has 1 aliphatic carbocycles. The fourth-order valence-electron chi connectivity index (χ4n) is 3.47. The van der Waals surface area contributed by atoms with Crippen molar-refractivity contribution in [2.45, 2.75) is 38.6 Å². The Bertz CT molecular complexity index is 501. The molecule has 0 radical (unpaired) electrons. The molecule has 110 valence electrons. The summed E-state index contributed by atoms with van der Waals surface area (Å²) in [7, 11) is 0. The molecule has 21 heavy (non-hydrogen) atoms.